The van der Waals surface area contributed by atoms with Gasteiger partial charge in [-0.2, -0.15) is 0 Å². The van der Waals surface area contributed by atoms with E-state index in [0.29, 0.717) is 23.0 Å². The third-order valence-electron chi connectivity index (χ3n) is 4.81. The molecule has 0 radical (unpaired) electrons. The second kappa shape index (κ2) is 5.70. The highest BCUT2D eigenvalue weighted by atomic mass is 16.6. The highest BCUT2D eigenvalue weighted by molar-refractivity contribution is 5.82. The van der Waals surface area contributed by atoms with Crippen LogP contribution >= 0.6 is 0 Å². The Morgan fingerprint density at radius 2 is 1.96 bits per heavy atom. The van der Waals surface area contributed by atoms with Gasteiger partial charge in [0, 0.05) is 6.04 Å². The lowest BCUT2D eigenvalue weighted by molar-refractivity contribution is -0.0299. The van der Waals surface area contributed by atoms with Crippen molar-refractivity contribution in [3.63, 3.8) is 0 Å². The molecular weight excluding hydrogens is 298 g/mol. The van der Waals surface area contributed by atoms with Crippen LogP contribution in [0, 0.1) is 0 Å². The molecule has 0 aromatic carbocycles. The Bertz CT molecular complexity index is 699. The molecule has 3 heterocycles. The Labute approximate surface area is 133 Å². The lowest BCUT2D eigenvalue weighted by atomic mass is 10.1. The molecule has 2 unspecified atom stereocenters. The van der Waals surface area contributed by atoms with Gasteiger partial charge in [-0.15, -0.1) is 0 Å². The number of ether oxygens (including phenoxy) is 1. The summed E-state index contributed by atoms with van der Waals surface area (Å²) in [6.45, 7) is 1.73. The first-order chi connectivity index (χ1) is 11.1. The van der Waals surface area contributed by atoms with Crippen molar-refractivity contribution < 1.29 is 14.9 Å². The third kappa shape index (κ3) is 2.46. The van der Waals surface area contributed by atoms with E-state index in [0.717, 1.165) is 12.8 Å². The summed E-state index contributed by atoms with van der Waals surface area (Å²) in [5.41, 5.74) is 1.25. The number of aliphatic hydroxyl groups is 2. The first-order valence-electron chi connectivity index (χ1n) is 8.11. The second-order valence-electron chi connectivity index (χ2n) is 6.38. The summed E-state index contributed by atoms with van der Waals surface area (Å²) >= 11 is 0. The standard InChI is InChI=1S/C15H21N5O3/c1-8-11(21)12(22)15(23-8)20-7-18-10-13(16-6-17-14(10)20)19-9-4-2-3-5-9/h6-9,11-12,15,21-22H,2-5H2,1H3,(H,16,17,19)/t8-,11?,12?,15-/m1/s1. The minimum Gasteiger partial charge on any atom is -0.388 e. The van der Waals surface area contributed by atoms with Crippen molar-refractivity contribution in [2.45, 2.75) is 63.2 Å². The zero-order chi connectivity index (χ0) is 16.0. The maximum atomic E-state index is 10.2. The molecule has 124 valence electrons. The Hall–Kier alpha value is -1.77. The molecule has 8 heteroatoms. The summed E-state index contributed by atoms with van der Waals surface area (Å²) in [6, 6.07) is 0.424. The van der Waals surface area contributed by atoms with Crippen LogP contribution in [0.5, 0.6) is 0 Å². The summed E-state index contributed by atoms with van der Waals surface area (Å²) in [6.07, 6.45) is 4.75. The number of hydrogen-bond donors (Lipinski definition) is 3. The fraction of sp³-hybridized carbons (Fsp3) is 0.667. The first kappa shape index (κ1) is 14.8. The van der Waals surface area contributed by atoms with Crippen LogP contribution in [0.25, 0.3) is 11.2 Å². The maximum Gasteiger partial charge on any atom is 0.167 e. The first-order valence-corrected chi connectivity index (χ1v) is 8.11. The average Bonchev–Trinajstić information content (AvgIpc) is 3.25. The quantitative estimate of drug-likeness (QED) is 0.769. The fourth-order valence-electron chi connectivity index (χ4n) is 3.46. The molecule has 0 spiro atoms. The maximum absolute atomic E-state index is 10.2. The fourth-order valence-corrected chi connectivity index (χ4v) is 3.46. The van der Waals surface area contributed by atoms with E-state index >= 15 is 0 Å². The molecule has 3 N–H and O–H groups in total. The predicted molar refractivity (Wildman–Crippen MR) is 82.8 cm³/mol. The number of hydrogen-bond acceptors (Lipinski definition) is 7. The van der Waals surface area contributed by atoms with Crippen molar-refractivity contribution in [3.05, 3.63) is 12.7 Å². The van der Waals surface area contributed by atoms with Crippen LogP contribution in [0.15, 0.2) is 12.7 Å². The second-order valence-corrected chi connectivity index (χ2v) is 6.38. The van der Waals surface area contributed by atoms with Gasteiger partial charge < -0.3 is 20.3 Å². The molecular formula is C15H21N5O3. The van der Waals surface area contributed by atoms with E-state index in [1.54, 1.807) is 17.8 Å². The number of imidazole rings is 1. The monoisotopic (exact) mass is 319 g/mol. The van der Waals surface area contributed by atoms with Gasteiger partial charge in [0.05, 0.1) is 12.4 Å². The molecule has 0 amide bonds. The van der Waals surface area contributed by atoms with E-state index in [-0.39, 0.29) is 0 Å². The molecule has 23 heavy (non-hydrogen) atoms. The van der Waals surface area contributed by atoms with Crippen LogP contribution in [0.3, 0.4) is 0 Å². The highest BCUT2D eigenvalue weighted by Gasteiger charge is 2.42. The van der Waals surface area contributed by atoms with Gasteiger partial charge in [0.25, 0.3) is 0 Å². The molecule has 4 rings (SSSR count). The highest BCUT2D eigenvalue weighted by Crippen LogP contribution is 2.32. The van der Waals surface area contributed by atoms with Crippen LogP contribution in [0.4, 0.5) is 5.82 Å². The lowest BCUT2D eigenvalue weighted by Crippen LogP contribution is -2.30. The van der Waals surface area contributed by atoms with Gasteiger partial charge in [-0.25, -0.2) is 15.0 Å². The SMILES string of the molecule is C[C@H]1O[C@@H](n2cnc3c(NC4CCCC4)ncnc32)C(O)C1O. The van der Waals surface area contributed by atoms with E-state index < -0.39 is 24.5 Å². The summed E-state index contributed by atoms with van der Waals surface area (Å²) in [4.78, 5) is 13.0. The van der Waals surface area contributed by atoms with Crippen LogP contribution < -0.4 is 5.32 Å². The minimum atomic E-state index is -1.01. The predicted octanol–water partition coefficient (Wildman–Crippen LogP) is 0.820. The van der Waals surface area contributed by atoms with E-state index in [9.17, 15) is 10.2 Å². The van der Waals surface area contributed by atoms with Crippen molar-refractivity contribution in [1.29, 1.82) is 0 Å². The number of aromatic nitrogens is 4. The van der Waals surface area contributed by atoms with Crippen molar-refractivity contribution in [3.8, 4) is 0 Å². The summed E-state index contributed by atoms with van der Waals surface area (Å²) in [5, 5.41) is 23.5. The van der Waals surface area contributed by atoms with Crippen molar-refractivity contribution >= 4 is 17.0 Å². The van der Waals surface area contributed by atoms with E-state index in [1.165, 1.54) is 19.2 Å². The largest absolute Gasteiger partial charge is 0.388 e. The van der Waals surface area contributed by atoms with Crippen molar-refractivity contribution in [1.82, 2.24) is 19.5 Å². The summed E-state index contributed by atoms with van der Waals surface area (Å²) in [7, 11) is 0. The van der Waals surface area contributed by atoms with Crippen LogP contribution in [0.1, 0.15) is 38.8 Å². The van der Waals surface area contributed by atoms with E-state index in [2.05, 4.69) is 20.3 Å². The number of aliphatic hydroxyl groups excluding tert-OH is 2. The zero-order valence-corrected chi connectivity index (χ0v) is 13.0. The smallest absolute Gasteiger partial charge is 0.167 e. The van der Waals surface area contributed by atoms with Gasteiger partial charge in [0.2, 0.25) is 0 Å². The van der Waals surface area contributed by atoms with Gasteiger partial charge in [0.15, 0.2) is 23.2 Å². The number of anilines is 1. The van der Waals surface area contributed by atoms with Crippen LogP contribution in [-0.2, 0) is 4.74 Å². The average molecular weight is 319 g/mol. The number of rotatable bonds is 3. The number of fused-ring (bicyclic) bond motifs is 1. The van der Waals surface area contributed by atoms with Gasteiger partial charge in [-0.05, 0) is 19.8 Å². The molecule has 2 aromatic rings. The molecule has 1 aliphatic heterocycles. The third-order valence-corrected chi connectivity index (χ3v) is 4.81. The minimum absolute atomic E-state index is 0.424. The van der Waals surface area contributed by atoms with Crippen LogP contribution in [0.2, 0.25) is 0 Å². The number of nitrogens with one attached hydrogen (secondary N) is 1. The van der Waals surface area contributed by atoms with Gasteiger partial charge in [0.1, 0.15) is 18.5 Å². The topological polar surface area (TPSA) is 105 Å². The molecule has 1 saturated heterocycles. The summed E-state index contributed by atoms with van der Waals surface area (Å²) < 4.78 is 7.31. The van der Waals surface area contributed by atoms with Crippen molar-refractivity contribution in [2.75, 3.05) is 5.32 Å². The van der Waals surface area contributed by atoms with E-state index in [4.69, 9.17) is 4.74 Å². The van der Waals surface area contributed by atoms with E-state index in [1.807, 2.05) is 0 Å². The molecule has 2 aliphatic rings. The van der Waals surface area contributed by atoms with Gasteiger partial charge >= 0.3 is 0 Å². The van der Waals surface area contributed by atoms with Gasteiger partial charge in [-0.1, -0.05) is 12.8 Å². The molecule has 8 nitrogen and oxygen atoms in total. The Kier molecular flexibility index (Phi) is 3.67. The molecule has 1 aliphatic carbocycles. The normalized spacial score (nSPS) is 32.0. The number of nitrogens with zero attached hydrogens (tertiary/aromatic N) is 4. The van der Waals surface area contributed by atoms with Crippen LogP contribution in [-0.4, -0.2) is 54.1 Å². The molecule has 2 aromatic heterocycles. The Morgan fingerprint density at radius 3 is 2.65 bits per heavy atom. The van der Waals surface area contributed by atoms with Crippen molar-refractivity contribution in [2.24, 2.45) is 0 Å². The molecule has 0 bridgehead atoms. The molecule has 4 atom stereocenters. The zero-order valence-electron chi connectivity index (χ0n) is 13.0. The Balaban J connectivity index is 1.67. The molecule has 1 saturated carbocycles. The molecule has 2 fully saturated rings. The van der Waals surface area contributed by atoms with Gasteiger partial charge in [-0.3, -0.25) is 4.57 Å². The Morgan fingerprint density at radius 1 is 1.17 bits per heavy atom. The lowest BCUT2D eigenvalue weighted by Gasteiger charge is -2.17. The summed E-state index contributed by atoms with van der Waals surface area (Å²) in [5.74, 6) is 0.710.